The van der Waals surface area contributed by atoms with Crippen LogP contribution in [0.15, 0.2) is 6.07 Å². The van der Waals surface area contributed by atoms with Crippen molar-refractivity contribution in [3.63, 3.8) is 0 Å². The summed E-state index contributed by atoms with van der Waals surface area (Å²) in [5.41, 5.74) is 3.99. The Morgan fingerprint density at radius 3 is 2.84 bits per heavy atom. The van der Waals surface area contributed by atoms with E-state index in [-0.39, 0.29) is 5.91 Å². The van der Waals surface area contributed by atoms with Crippen LogP contribution in [0, 0.1) is 5.92 Å². The summed E-state index contributed by atoms with van der Waals surface area (Å²) in [5, 5.41) is 0. The Morgan fingerprint density at radius 2 is 2.05 bits per heavy atom. The molecule has 2 aliphatic carbocycles. The van der Waals surface area contributed by atoms with E-state index < -0.39 is 0 Å². The molecule has 1 fully saturated rings. The lowest BCUT2D eigenvalue weighted by Crippen LogP contribution is -2.42. The van der Waals surface area contributed by atoms with Gasteiger partial charge < -0.3 is 9.47 Å². The van der Waals surface area contributed by atoms with Crippen LogP contribution in [-0.4, -0.2) is 28.5 Å². The molecule has 1 aliphatic heterocycles. The molecule has 1 aromatic heterocycles. The average molecular weight is 258 g/mol. The third-order valence-electron chi connectivity index (χ3n) is 5.11. The van der Waals surface area contributed by atoms with E-state index in [0.29, 0.717) is 5.92 Å². The van der Waals surface area contributed by atoms with E-state index in [0.717, 1.165) is 37.2 Å². The number of nitrogens with zero attached hydrogens (tertiary/aromatic N) is 2. The Morgan fingerprint density at radius 1 is 1.26 bits per heavy atom. The van der Waals surface area contributed by atoms with Crippen LogP contribution >= 0.6 is 0 Å². The molecule has 2 unspecified atom stereocenters. The van der Waals surface area contributed by atoms with E-state index >= 15 is 0 Å². The number of hydrogen-bond acceptors (Lipinski definition) is 1. The first-order valence-corrected chi connectivity index (χ1v) is 7.67. The van der Waals surface area contributed by atoms with Crippen LogP contribution in [0.5, 0.6) is 0 Å². The fourth-order valence-electron chi connectivity index (χ4n) is 4.40. The summed E-state index contributed by atoms with van der Waals surface area (Å²) in [6.45, 7) is 7.15. The second-order valence-electron chi connectivity index (χ2n) is 6.87. The Kier molecular flexibility index (Phi) is 2.36. The molecule has 1 saturated carbocycles. The van der Waals surface area contributed by atoms with Crippen molar-refractivity contribution in [3.05, 3.63) is 23.0 Å². The fourth-order valence-corrected chi connectivity index (χ4v) is 4.40. The van der Waals surface area contributed by atoms with Crippen molar-refractivity contribution in [1.29, 1.82) is 0 Å². The lowest BCUT2D eigenvalue weighted by atomic mass is 9.98. The molecule has 0 N–H and O–H groups in total. The van der Waals surface area contributed by atoms with Gasteiger partial charge in [-0.25, -0.2) is 0 Å². The third kappa shape index (κ3) is 1.53. The Labute approximate surface area is 114 Å². The van der Waals surface area contributed by atoms with Gasteiger partial charge in [-0.1, -0.05) is 13.8 Å². The average Bonchev–Trinajstić information content (AvgIpc) is 3.02. The highest BCUT2D eigenvalue weighted by atomic mass is 16.2. The summed E-state index contributed by atoms with van der Waals surface area (Å²) in [4.78, 5) is 14.6. The highest BCUT2D eigenvalue weighted by molar-refractivity contribution is 5.94. The first-order valence-electron chi connectivity index (χ1n) is 7.67. The molecule has 2 atom stereocenters. The lowest BCUT2D eigenvalue weighted by molar-refractivity contribution is 0.0681. The topological polar surface area (TPSA) is 25.2 Å². The van der Waals surface area contributed by atoms with Crippen molar-refractivity contribution in [2.24, 2.45) is 5.92 Å². The highest BCUT2D eigenvalue weighted by Crippen LogP contribution is 2.54. The summed E-state index contributed by atoms with van der Waals surface area (Å²) in [7, 11) is 0. The Bertz CT molecular complexity index is 543. The number of carbonyl (C=O) groups is 1. The summed E-state index contributed by atoms with van der Waals surface area (Å²) >= 11 is 0. The summed E-state index contributed by atoms with van der Waals surface area (Å²) in [5.74, 6) is 2.31. The van der Waals surface area contributed by atoms with Crippen LogP contribution in [0.4, 0.5) is 0 Å². The molecule has 4 rings (SSSR count). The molecule has 1 aromatic rings. The van der Waals surface area contributed by atoms with Gasteiger partial charge in [-0.05, 0) is 42.7 Å². The Balaban J connectivity index is 1.71. The minimum absolute atomic E-state index is 0.258. The van der Waals surface area contributed by atoms with Gasteiger partial charge in [0.1, 0.15) is 5.69 Å². The van der Waals surface area contributed by atoms with E-state index in [1.54, 1.807) is 0 Å². The highest BCUT2D eigenvalue weighted by Gasteiger charge is 2.42. The molecular weight excluding hydrogens is 236 g/mol. The number of amides is 1. The molecule has 3 aliphatic rings. The van der Waals surface area contributed by atoms with Crippen molar-refractivity contribution in [2.45, 2.75) is 51.5 Å². The van der Waals surface area contributed by atoms with Crippen molar-refractivity contribution < 1.29 is 4.79 Å². The first kappa shape index (κ1) is 11.6. The zero-order chi connectivity index (χ0) is 13.1. The van der Waals surface area contributed by atoms with Gasteiger partial charge in [0.15, 0.2) is 0 Å². The van der Waals surface area contributed by atoms with Gasteiger partial charge in [-0.3, -0.25) is 4.79 Å². The molecule has 0 radical (unpaired) electrons. The summed E-state index contributed by atoms with van der Waals surface area (Å²) < 4.78 is 2.35. The summed E-state index contributed by atoms with van der Waals surface area (Å²) in [6, 6.07) is 2.22. The van der Waals surface area contributed by atoms with E-state index in [1.807, 2.05) is 4.90 Å². The maximum absolute atomic E-state index is 12.6. The third-order valence-corrected chi connectivity index (χ3v) is 5.11. The maximum atomic E-state index is 12.6. The van der Waals surface area contributed by atoms with Gasteiger partial charge in [0.05, 0.1) is 0 Å². The Hall–Kier alpha value is -1.25. The second kappa shape index (κ2) is 3.87. The molecular formula is C16H22N2O. The van der Waals surface area contributed by atoms with Crippen molar-refractivity contribution >= 4 is 5.91 Å². The van der Waals surface area contributed by atoms with Crippen molar-refractivity contribution in [3.8, 4) is 0 Å². The van der Waals surface area contributed by atoms with E-state index in [4.69, 9.17) is 0 Å². The largest absolute Gasteiger partial charge is 0.338 e. The number of rotatable bonds is 2. The molecule has 0 aromatic carbocycles. The zero-order valence-corrected chi connectivity index (χ0v) is 11.9. The SMILES string of the molecule is CC(C)CN1CCn2c(cc3c2C2CCC3C2)C1=O. The monoisotopic (exact) mass is 258 g/mol. The smallest absolute Gasteiger partial charge is 0.270 e. The normalized spacial score (nSPS) is 28.2. The van der Waals surface area contributed by atoms with Gasteiger partial charge in [-0.15, -0.1) is 0 Å². The second-order valence-corrected chi connectivity index (χ2v) is 6.87. The zero-order valence-electron chi connectivity index (χ0n) is 11.9. The van der Waals surface area contributed by atoms with Gasteiger partial charge in [-0.2, -0.15) is 0 Å². The van der Waals surface area contributed by atoms with Crippen LogP contribution in [-0.2, 0) is 6.54 Å². The molecule has 3 nitrogen and oxygen atoms in total. The molecule has 0 spiro atoms. The first-order chi connectivity index (χ1) is 9.15. The summed E-state index contributed by atoms with van der Waals surface area (Å²) in [6.07, 6.45) is 4.02. The predicted octanol–water partition coefficient (Wildman–Crippen LogP) is 2.96. The van der Waals surface area contributed by atoms with Gasteiger partial charge in [0.2, 0.25) is 0 Å². The van der Waals surface area contributed by atoms with Gasteiger partial charge in [0.25, 0.3) is 5.91 Å². The van der Waals surface area contributed by atoms with E-state index in [1.165, 1.54) is 30.5 Å². The number of carbonyl (C=O) groups excluding carboxylic acids is 1. The molecule has 19 heavy (non-hydrogen) atoms. The molecule has 2 heterocycles. The van der Waals surface area contributed by atoms with Crippen molar-refractivity contribution in [1.82, 2.24) is 9.47 Å². The van der Waals surface area contributed by atoms with E-state index in [9.17, 15) is 4.79 Å². The molecule has 0 saturated heterocycles. The number of aromatic nitrogens is 1. The van der Waals surface area contributed by atoms with Crippen LogP contribution in [0.1, 0.15) is 66.7 Å². The minimum Gasteiger partial charge on any atom is -0.338 e. The predicted molar refractivity (Wildman–Crippen MR) is 74.5 cm³/mol. The fraction of sp³-hybridized carbons (Fsp3) is 0.688. The van der Waals surface area contributed by atoms with Crippen LogP contribution in [0.2, 0.25) is 0 Å². The molecule has 102 valence electrons. The number of hydrogen-bond donors (Lipinski definition) is 0. The number of fused-ring (bicyclic) bond motifs is 7. The van der Waals surface area contributed by atoms with Crippen LogP contribution in [0.25, 0.3) is 0 Å². The quantitative estimate of drug-likeness (QED) is 0.800. The molecule has 1 amide bonds. The lowest BCUT2D eigenvalue weighted by Gasteiger charge is -2.31. The minimum atomic E-state index is 0.258. The van der Waals surface area contributed by atoms with Gasteiger partial charge in [0, 0.05) is 31.2 Å². The van der Waals surface area contributed by atoms with E-state index in [2.05, 4.69) is 24.5 Å². The molecule has 2 bridgehead atoms. The van der Waals surface area contributed by atoms with Crippen LogP contribution in [0.3, 0.4) is 0 Å². The van der Waals surface area contributed by atoms with Crippen molar-refractivity contribution in [2.75, 3.05) is 13.1 Å². The maximum Gasteiger partial charge on any atom is 0.270 e. The standard InChI is InChI=1S/C16H22N2O/c1-10(2)9-17-5-6-18-14(16(17)19)8-13-11-3-4-12(7-11)15(13)18/h8,10-12H,3-7,9H2,1-2H3. The van der Waals surface area contributed by atoms with Gasteiger partial charge >= 0.3 is 0 Å². The van der Waals surface area contributed by atoms with Crippen LogP contribution < -0.4 is 0 Å². The molecule has 3 heteroatoms.